The Balaban J connectivity index is 2.66. The number of hydrogen-bond acceptors (Lipinski definition) is 3. The number of carbonyl (C=O) groups excluding carboxylic acids is 1. The van der Waals surface area contributed by atoms with Crippen molar-refractivity contribution < 1.29 is 14.6 Å². The number of alkyl halides is 1. The molecule has 2 N–H and O–H groups in total. The zero-order valence-corrected chi connectivity index (χ0v) is 10.6. The lowest BCUT2D eigenvalue weighted by atomic mass is 10.2. The van der Waals surface area contributed by atoms with Gasteiger partial charge < -0.3 is 15.2 Å². The Labute approximate surface area is 103 Å². The standard InChI is InChI=1S/C11H14BrNO3/c1-16-10-4-3-8(7-9(10)14)11(15)13-6-2-5-12/h3-4,7,14H,2,5-6H2,1H3,(H,13,15). The Hall–Kier alpha value is -1.23. The molecular formula is C11H14BrNO3. The third-order valence-corrected chi connectivity index (χ3v) is 2.60. The number of methoxy groups -OCH3 is 1. The van der Waals surface area contributed by atoms with Crippen molar-refractivity contribution in [3.8, 4) is 11.5 Å². The molecular weight excluding hydrogens is 274 g/mol. The predicted octanol–water partition coefficient (Wildman–Crippen LogP) is 1.92. The first-order valence-electron chi connectivity index (χ1n) is 4.90. The van der Waals surface area contributed by atoms with Crippen LogP contribution >= 0.6 is 15.9 Å². The molecule has 0 radical (unpaired) electrons. The summed E-state index contributed by atoms with van der Waals surface area (Å²) in [6.07, 6.45) is 0.869. The zero-order chi connectivity index (χ0) is 12.0. The monoisotopic (exact) mass is 287 g/mol. The number of phenolic OH excluding ortho intramolecular Hbond substituents is 1. The van der Waals surface area contributed by atoms with E-state index in [-0.39, 0.29) is 11.7 Å². The van der Waals surface area contributed by atoms with Crippen molar-refractivity contribution in [1.82, 2.24) is 5.32 Å². The maximum atomic E-state index is 11.6. The van der Waals surface area contributed by atoms with Crippen LogP contribution in [0.5, 0.6) is 11.5 Å². The van der Waals surface area contributed by atoms with Gasteiger partial charge in [0.2, 0.25) is 0 Å². The molecule has 0 bridgehead atoms. The number of phenols is 1. The first-order valence-corrected chi connectivity index (χ1v) is 6.02. The summed E-state index contributed by atoms with van der Waals surface area (Å²) in [5.41, 5.74) is 0.424. The minimum Gasteiger partial charge on any atom is -0.504 e. The first kappa shape index (κ1) is 12.8. The smallest absolute Gasteiger partial charge is 0.251 e. The minimum atomic E-state index is -0.195. The maximum absolute atomic E-state index is 11.6. The second kappa shape index (κ2) is 6.37. The maximum Gasteiger partial charge on any atom is 0.251 e. The lowest BCUT2D eigenvalue weighted by molar-refractivity contribution is 0.0953. The lowest BCUT2D eigenvalue weighted by Crippen LogP contribution is -2.24. The summed E-state index contributed by atoms with van der Waals surface area (Å²) in [5.74, 6) is 0.131. The number of aromatic hydroxyl groups is 1. The third kappa shape index (κ3) is 3.41. The fourth-order valence-electron chi connectivity index (χ4n) is 1.20. The van der Waals surface area contributed by atoms with E-state index in [1.165, 1.54) is 13.2 Å². The van der Waals surface area contributed by atoms with Crippen LogP contribution in [-0.4, -0.2) is 30.0 Å². The Morgan fingerprint density at radius 1 is 1.56 bits per heavy atom. The van der Waals surface area contributed by atoms with Crippen molar-refractivity contribution >= 4 is 21.8 Å². The van der Waals surface area contributed by atoms with Gasteiger partial charge in [-0.2, -0.15) is 0 Å². The number of carbonyl (C=O) groups is 1. The van der Waals surface area contributed by atoms with Gasteiger partial charge in [-0.05, 0) is 24.6 Å². The van der Waals surface area contributed by atoms with Gasteiger partial charge in [-0.25, -0.2) is 0 Å². The molecule has 1 rings (SSSR count). The van der Waals surface area contributed by atoms with Crippen LogP contribution in [0, 0.1) is 0 Å². The second-order valence-electron chi connectivity index (χ2n) is 3.19. The Morgan fingerprint density at radius 3 is 2.88 bits per heavy atom. The van der Waals surface area contributed by atoms with Gasteiger partial charge >= 0.3 is 0 Å². The number of hydrogen-bond donors (Lipinski definition) is 2. The number of rotatable bonds is 5. The van der Waals surface area contributed by atoms with Gasteiger partial charge in [-0.1, -0.05) is 15.9 Å². The molecule has 0 atom stereocenters. The Kier molecular flexibility index (Phi) is 5.11. The van der Waals surface area contributed by atoms with Crippen molar-refractivity contribution in [1.29, 1.82) is 0 Å². The van der Waals surface area contributed by atoms with Gasteiger partial charge in [0.1, 0.15) is 0 Å². The molecule has 0 unspecified atom stereocenters. The summed E-state index contributed by atoms with van der Waals surface area (Å²) in [5, 5.41) is 13.1. The lowest BCUT2D eigenvalue weighted by Gasteiger charge is -2.06. The highest BCUT2D eigenvalue weighted by Crippen LogP contribution is 2.25. The SMILES string of the molecule is COc1ccc(C(=O)NCCCBr)cc1O. The van der Waals surface area contributed by atoms with Crippen LogP contribution in [0.15, 0.2) is 18.2 Å². The number of nitrogens with one attached hydrogen (secondary N) is 1. The van der Waals surface area contributed by atoms with Crippen LogP contribution in [0.3, 0.4) is 0 Å². The van der Waals surface area contributed by atoms with E-state index in [0.717, 1.165) is 11.8 Å². The van der Waals surface area contributed by atoms with Gasteiger partial charge in [0.25, 0.3) is 5.91 Å². The number of ether oxygens (including phenoxy) is 1. The predicted molar refractivity (Wildman–Crippen MR) is 65.4 cm³/mol. The van der Waals surface area contributed by atoms with Crippen molar-refractivity contribution in [2.45, 2.75) is 6.42 Å². The van der Waals surface area contributed by atoms with Crippen molar-refractivity contribution in [2.24, 2.45) is 0 Å². The average Bonchev–Trinajstić information content (AvgIpc) is 2.29. The molecule has 0 saturated carbocycles. The van der Waals surface area contributed by atoms with E-state index in [1.807, 2.05) is 0 Å². The summed E-state index contributed by atoms with van der Waals surface area (Å²) in [6, 6.07) is 4.57. The average molecular weight is 288 g/mol. The van der Waals surface area contributed by atoms with Crippen LogP contribution < -0.4 is 10.1 Å². The molecule has 0 heterocycles. The van der Waals surface area contributed by atoms with E-state index in [0.29, 0.717) is 17.9 Å². The van der Waals surface area contributed by atoms with Gasteiger partial charge in [-0.3, -0.25) is 4.79 Å². The van der Waals surface area contributed by atoms with Crippen LogP contribution in [0.1, 0.15) is 16.8 Å². The Morgan fingerprint density at radius 2 is 2.31 bits per heavy atom. The molecule has 0 aromatic heterocycles. The number of halogens is 1. The van der Waals surface area contributed by atoms with E-state index < -0.39 is 0 Å². The summed E-state index contributed by atoms with van der Waals surface area (Å²) >= 11 is 3.28. The molecule has 0 fully saturated rings. The molecule has 0 aliphatic carbocycles. The quantitative estimate of drug-likeness (QED) is 0.643. The van der Waals surface area contributed by atoms with Crippen molar-refractivity contribution in [2.75, 3.05) is 19.0 Å². The fourth-order valence-corrected chi connectivity index (χ4v) is 1.48. The van der Waals surface area contributed by atoms with Gasteiger partial charge in [-0.15, -0.1) is 0 Å². The first-order chi connectivity index (χ1) is 7.69. The molecule has 0 saturated heterocycles. The molecule has 1 amide bonds. The molecule has 0 spiro atoms. The molecule has 16 heavy (non-hydrogen) atoms. The highest BCUT2D eigenvalue weighted by Gasteiger charge is 2.08. The van der Waals surface area contributed by atoms with Crippen LogP contribution in [0.25, 0.3) is 0 Å². The zero-order valence-electron chi connectivity index (χ0n) is 9.00. The molecule has 4 nitrogen and oxygen atoms in total. The van der Waals surface area contributed by atoms with Crippen LogP contribution in [-0.2, 0) is 0 Å². The van der Waals surface area contributed by atoms with Crippen molar-refractivity contribution in [3.05, 3.63) is 23.8 Å². The molecule has 0 aliphatic heterocycles. The van der Waals surface area contributed by atoms with Gasteiger partial charge in [0.05, 0.1) is 7.11 Å². The van der Waals surface area contributed by atoms with Crippen molar-refractivity contribution in [3.63, 3.8) is 0 Å². The van der Waals surface area contributed by atoms with Gasteiger partial charge in [0.15, 0.2) is 11.5 Å². The topological polar surface area (TPSA) is 58.6 Å². The molecule has 1 aromatic rings. The van der Waals surface area contributed by atoms with Crippen LogP contribution in [0.2, 0.25) is 0 Å². The summed E-state index contributed by atoms with van der Waals surface area (Å²) < 4.78 is 4.89. The normalized spacial score (nSPS) is 9.88. The third-order valence-electron chi connectivity index (χ3n) is 2.04. The van der Waals surface area contributed by atoms with E-state index in [9.17, 15) is 9.90 Å². The van der Waals surface area contributed by atoms with E-state index >= 15 is 0 Å². The highest BCUT2D eigenvalue weighted by molar-refractivity contribution is 9.09. The fraction of sp³-hybridized carbons (Fsp3) is 0.364. The molecule has 0 aliphatic rings. The van der Waals surface area contributed by atoms with E-state index in [4.69, 9.17) is 4.74 Å². The summed E-state index contributed by atoms with van der Waals surface area (Å²) in [7, 11) is 1.46. The van der Waals surface area contributed by atoms with E-state index in [2.05, 4.69) is 21.2 Å². The molecule has 5 heteroatoms. The largest absolute Gasteiger partial charge is 0.504 e. The number of amides is 1. The highest BCUT2D eigenvalue weighted by atomic mass is 79.9. The van der Waals surface area contributed by atoms with Gasteiger partial charge in [0, 0.05) is 17.4 Å². The summed E-state index contributed by atoms with van der Waals surface area (Å²) in [6.45, 7) is 0.608. The molecule has 1 aromatic carbocycles. The van der Waals surface area contributed by atoms with Crippen LogP contribution in [0.4, 0.5) is 0 Å². The number of benzene rings is 1. The molecule has 88 valence electrons. The van der Waals surface area contributed by atoms with E-state index in [1.54, 1.807) is 12.1 Å². The minimum absolute atomic E-state index is 0.0318. The Bertz CT molecular complexity index is 368. The second-order valence-corrected chi connectivity index (χ2v) is 3.98. The summed E-state index contributed by atoms with van der Waals surface area (Å²) in [4.78, 5) is 11.6.